The molecule has 0 aliphatic rings. The van der Waals surface area contributed by atoms with Crippen LogP contribution in [0.2, 0.25) is 0 Å². The number of hydrogen-bond acceptors (Lipinski definition) is 2. The Kier molecular flexibility index (Phi) is 1.75. The van der Waals surface area contributed by atoms with E-state index in [1.54, 1.807) is 6.20 Å². The first-order valence-electron chi connectivity index (χ1n) is 4.11. The predicted molar refractivity (Wildman–Crippen MR) is 50.1 cm³/mol. The van der Waals surface area contributed by atoms with Crippen molar-refractivity contribution in [2.75, 3.05) is 0 Å². The van der Waals surface area contributed by atoms with Gasteiger partial charge in [-0.1, -0.05) is 0 Å². The van der Waals surface area contributed by atoms with Crippen LogP contribution in [0.1, 0.15) is 5.69 Å². The standard InChI is InChI=1S/C10H9N3/c1-8-7-9-3-2-5-12-10(9)13(8)6-4-11/h2-3,5,7H,6H2,1H3. The molecule has 2 heterocycles. The quantitative estimate of drug-likeness (QED) is 0.657. The van der Waals surface area contributed by atoms with Crippen LogP contribution in [0, 0.1) is 18.3 Å². The van der Waals surface area contributed by atoms with Gasteiger partial charge < -0.3 is 4.57 Å². The van der Waals surface area contributed by atoms with Gasteiger partial charge in [-0.3, -0.25) is 0 Å². The minimum atomic E-state index is 0.367. The topological polar surface area (TPSA) is 41.6 Å². The molecule has 0 radical (unpaired) electrons. The Morgan fingerprint density at radius 2 is 2.46 bits per heavy atom. The summed E-state index contributed by atoms with van der Waals surface area (Å²) in [6, 6.07) is 8.07. The number of rotatable bonds is 1. The fraction of sp³-hybridized carbons (Fsp3) is 0.200. The molecule has 0 unspecified atom stereocenters. The first-order chi connectivity index (χ1) is 6.33. The zero-order chi connectivity index (χ0) is 9.26. The van der Waals surface area contributed by atoms with E-state index in [2.05, 4.69) is 11.1 Å². The first-order valence-corrected chi connectivity index (χ1v) is 4.11. The molecule has 13 heavy (non-hydrogen) atoms. The first kappa shape index (κ1) is 7.81. The molecule has 0 N–H and O–H groups in total. The lowest BCUT2D eigenvalue weighted by Crippen LogP contribution is -1.98. The average molecular weight is 171 g/mol. The Balaban J connectivity index is 2.73. The van der Waals surface area contributed by atoms with Crippen LogP contribution >= 0.6 is 0 Å². The molecule has 2 aromatic rings. The van der Waals surface area contributed by atoms with E-state index in [0.29, 0.717) is 6.54 Å². The molecule has 3 nitrogen and oxygen atoms in total. The molecule has 3 heteroatoms. The fourth-order valence-corrected chi connectivity index (χ4v) is 1.49. The third-order valence-corrected chi connectivity index (χ3v) is 2.09. The second-order valence-corrected chi connectivity index (χ2v) is 2.95. The Bertz CT molecular complexity index is 476. The second-order valence-electron chi connectivity index (χ2n) is 2.95. The number of fused-ring (bicyclic) bond motifs is 1. The predicted octanol–water partition coefficient (Wildman–Crippen LogP) is 1.87. The highest BCUT2D eigenvalue weighted by Gasteiger charge is 2.04. The zero-order valence-corrected chi connectivity index (χ0v) is 7.36. The van der Waals surface area contributed by atoms with E-state index in [1.807, 2.05) is 29.7 Å². The van der Waals surface area contributed by atoms with Gasteiger partial charge in [-0.15, -0.1) is 0 Å². The lowest BCUT2D eigenvalue weighted by molar-refractivity contribution is 0.826. The van der Waals surface area contributed by atoms with Gasteiger partial charge in [0.15, 0.2) is 0 Å². The van der Waals surface area contributed by atoms with Gasteiger partial charge in [0.2, 0.25) is 0 Å². The third kappa shape index (κ3) is 1.17. The molecule has 0 aromatic carbocycles. The molecule has 2 rings (SSSR count). The Morgan fingerprint density at radius 3 is 3.23 bits per heavy atom. The molecule has 0 saturated heterocycles. The maximum atomic E-state index is 8.62. The van der Waals surface area contributed by atoms with E-state index in [1.165, 1.54) is 0 Å². The molecular formula is C10H9N3. The molecule has 0 spiro atoms. The molecule has 0 bridgehead atoms. The average Bonchev–Trinajstić information content (AvgIpc) is 2.44. The van der Waals surface area contributed by atoms with Gasteiger partial charge in [0.25, 0.3) is 0 Å². The molecule has 0 aliphatic heterocycles. The Hall–Kier alpha value is -1.82. The van der Waals surface area contributed by atoms with Gasteiger partial charge in [-0.2, -0.15) is 5.26 Å². The number of hydrogen-bond donors (Lipinski definition) is 0. The summed E-state index contributed by atoms with van der Waals surface area (Å²) in [5, 5.41) is 9.72. The molecule has 2 aromatic heterocycles. The van der Waals surface area contributed by atoms with Crippen molar-refractivity contribution >= 4 is 11.0 Å². The third-order valence-electron chi connectivity index (χ3n) is 2.09. The van der Waals surface area contributed by atoms with E-state index >= 15 is 0 Å². The van der Waals surface area contributed by atoms with Crippen molar-refractivity contribution in [3.05, 3.63) is 30.1 Å². The van der Waals surface area contributed by atoms with Crippen LogP contribution in [0.3, 0.4) is 0 Å². The van der Waals surface area contributed by atoms with Crippen molar-refractivity contribution in [1.82, 2.24) is 9.55 Å². The smallest absolute Gasteiger partial charge is 0.140 e. The largest absolute Gasteiger partial charge is 0.316 e. The zero-order valence-electron chi connectivity index (χ0n) is 7.36. The fourth-order valence-electron chi connectivity index (χ4n) is 1.49. The molecule has 64 valence electrons. The summed E-state index contributed by atoms with van der Waals surface area (Å²) >= 11 is 0. The number of pyridine rings is 1. The van der Waals surface area contributed by atoms with Crippen molar-refractivity contribution in [3.63, 3.8) is 0 Å². The molecule has 0 amide bonds. The Labute approximate surface area is 76.2 Å². The molecule has 0 atom stereocenters. The summed E-state index contributed by atoms with van der Waals surface area (Å²) in [6.07, 6.45) is 1.75. The van der Waals surface area contributed by atoms with Crippen LogP contribution in [0.15, 0.2) is 24.4 Å². The second kappa shape index (κ2) is 2.91. The SMILES string of the molecule is Cc1cc2cccnc2n1CC#N. The minimum absolute atomic E-state index is 0.367. The van der Waals surface area contributed by atoms with Crippen LogP contribution in [-0.2, 0) is 6.54 Å². The van der Waals surface area contributed by atoms with E-state index in [9.17, 15) is 0 Å². The molecular weight excluding hydrogens is 162 g/mol. The Morgan fingerprint density at radius 1 is 1.62 bits per heavy atom. The van der Waals surface area contributed by atoms with Crippen molar-refractivity contribution in [2.24, 2.45) is 0 Å². The summed E-state index contributed by atoms with van der Waals surface area (Å²) in [7, 11) is 0. The maximum Gasteiger partial charge on any atom is 0.140 e. The van der Waals surface area contributed by atoms with E-state index < -0.39 is 0 Å². The van der Waals surface area contributed by atoms with Crippen molar-refractivity contribution in [3.8, 4) is 6.07 Å². The van der Waals surface area contributed by atoms with E-state index in [4.69, 9.17) is 5.26 Å². The van der Waals surface area contributed by atoms with Crippen molar-refractivity contribution in [2.45, 2.75) is 13.5 Å². The van der Waals surface area contributed by atoms with E-state index in [0.717, 1.165) is 16.7 Å². The summed E-state index contributed by atoms with van der Waals surface area (Å²) in [5.41, 5.74) is 1.97. The highest BCUT2D eigenvalue weighted by Crippen LogP contribution is 2.16. The summed E-state index contributed by atoms with van der Waals surface area (Å²) < 4.78 is 1.91. The number of nitriles is 1. The van der Waals surface area contributed by atoms with E-state index in [-0.39, 0.29) is 0 Å². The monoisotopic (exact) mass is 171 g/mol. The number of nitrogens with zero attached hydrogens (tertiary/aromatic N) is 3. The highest BCUT2D eigenvalue weighted by molar-refractivity contribution is 5.77. The highest BCUT2D eigenvalue weighted by atomic mass is 15.0. The number of aryl methyl sites for hydroxylation is 1. The van der Waals surface area contributed by atoms with Crippen molar-refractivity contribution in [1.29, 1.82) is 5.26 Å². The summed E-state index contributed by atoms with van der Waals surface area (Å²) in [6.45, 7) is 2.35. The molecule has 0 fully saturated rings. The lowest BCUT2D eigenvalue weighted by atomic mass is 10.3. The van der Waals surface area contributed by atoms with Gasteiger partial charge in [-0.05, 0) is 25.1 Å². The van der Waals surface area contributed by atoms with Crippen molar-refractivity contribution < 1.29 is 0 Å². The normalized spacial score (nSPS) is 10.2. The molecule has 0 aliphatic carbocycles. The lowest BCUT2D eigenvalue weighted by Gasteiger charge is -1.99. The number of aromatic nitrogens is 2. The van der Waals surface area contributed by atoms with Gasteiger partial charge in [-0.25, -0.2) is 4.98 Å². The minimum Gasteiger partial charge on any atom is -0.316 e. The van der Waals surface area contributed by atoms with Crippen LogP contribution in [0.4, 0.5) is 0 Å². The van der Waals surface area contributed by atoms with Crippen LogP contribution < -0.4 is 0 Å². The maximum absolute atomic E-state index is 8.62. The van der Waals surface area contributed by atoms with Gasteiger partial charge >= 0.3 is 0 Å². The van der Waals surface area contributed by atoms with Crippen LogP contribution in [-0.4, -0.2) is 9.55 Å². The molecule has 0 saturated carbocycles. The van der Waals surface area contributed by atoms with Crippen LogP contribution in [0.25, 0.3) is 11.0 Å². The summed E-state index contributed by atoms with van der Waals surface area (Å²) in [5.74, 6) is 0. The van der Waals surface area contributed by atoms with Gasteiger partial charge in [0.1, 0.15) is 12.2 Å². The van der Waals surface area contributed by atoms with Gasteiger partial charge in [0, 0.05) is 17.3 Å². The van der Waals surface area contributed by atoms with Crippen LogP contribution in [0.5, 0.6) is 0 Å². The van der Waals surface area contributed by atoms with Gasteiger partial charge in [0.05, 0.1) is 6.07 Å². The summed E-state index contributed by atoms with van der Waals surface area (Å²) in [4.78, 5) is 4.23.